The number of hydrogen-bond donors (Lipinski definition) is 1. The van der Waals surface area contributed by atoms with Gasteiger partial charge in [-0.1, -0.05) is 31.5 Å². The van der Waals surface area contributed by atoms with Crippen molar-refractivity contribution in [2.75, 3.05) is 18.4 Å². The number of anilines is 1. The zero-order valence-corrected chi connectivity index (χ0v) is 18.1. The molecule has 3 rings (SSSR count). The molecule has 7 nitrogen and oxygen atoms in total. The third-order valence-electron chi connectivity index (χ3n) is 4.49. The Balaban J connectivity index is 2.02. The first-order chi connectivity index (χ1) is 15.0. The summed E-state index contributed by atoms with van der Waals surface area (Å²) in [6.45, 7) is 2.72. The number of ether oxygens (including phenoxy) is 2. The highest BCUT2D eigenvalue weighted by Crippen LogP contribution is 2.33. The van der Waals surface area contributed by atoms with Crippen LogP contribution < -0.4 is 14.2 Å². The minimum Gasteiger partial charge on any atom is -0.494 e. The van der Waals surface area contributed by atoms with E-state index in [4.69, 9.17) is 9.47 Å². The van der Waals surface area contributed by atoms with E-state index in [9.17, 15) is 13.7 Å². The average Bonchev–Trinajstić information content (AvgIpc) is 2.80. The molecular formula is C23H23N3O4S. The van der Waals surface area contributed by atoms with Crippen LogP contribution in [0, 0.1) is 11.3 Å². The molecule has 0 amide bonds. The first kappa shape index (κ1) is 22.1. The number of rotatable bonds is 9. The topological polar surface area (TPSA) is 101 Å². The third-order valence-corrected chi connectivity index (χ3v) is 5.87. The first-order valence-electron chi connectivity index (χ1n) is 9.78. The lowest BCUT2D eigenvalue weighted by Crippen LogP contribution is -2.14. The van der Waals surface area contributed by atoms with Gasteiger partial charge < -0.3 is 9.47 Å². The Morgan fingerprint density at radius 3 is 2.42 bits per heavy atom. The van der Waals surface area contributed by atoms with E-state index in [0.29, 0.717) is 23.6 Å². The molecule has 1 aromatic heterocycles. The molecule has 0 bridgehead atoms. The van der Waals surface area contributed by atoms with Gasteiger partial charge in [-0.2, -0.15) is 5.26 Å². The monoisotopic (exact) mass is 437 g/mol. The fraction of sp³-hybridized carbons (Fsp3) is 0.217. The second-order valence-corrected chi connectivity index (χ2v) is 8.38. The van der Waals surface area contributed by atoms with Crippen molar-refractivity contribution in [1.82, 2.24) is 4.98 Å². The molecule has 0 aliphatic carbocycles. The van der Waals surface area contributed by atoms with E-state index in [-0.39, 0.29) is 22.0 Å². The number of nitrogens with one attached hydrogen (secondary N) is 1. The van der Waals surface area contributed by atoms with Crippen LogP contribution in [-0.2, 0) is 10.0 Å². The molecule has 0 aliphatic rings. The maximum Gasteiger partial charge on any atom is 0.261 e. The van der Waals surface area contributed by atoms with E-state index in [1.54, 1.807) is 42.5 Å². The van der Waals surface area contributed by atoms with Gasteiger partial charge >= 0.3 is 0 Å². The number of pyridine rings is 1. The summed E-state index contributed by atoms with van der Waals surface area (Å²) in [6.07, 6.45) is 2.00. The Labute approximate surface area is 182 Å². The molecule has 2 aromatic carbocycles. The van der Waals surface area contributed by atoms with Crippen molar-refractivity contribution in [1.29, 1.82) is 5.26 Å². The lowest BCUT2D eigenvalue weighted by molar-refractivity contribution is 0.309. The van der Waals surface area contributed by atoms with Crippen molar-refractivity contribution >= 4 is 15.7 Å². The maximum absolute atomic E-state index is 12.9. The normalized spacial score (nSPS) is 10.9. The Bertz CT molecular complexity index is 1170. The SMILES string of the molecule is CCCCOc1ccc(-c2nc(OC)c(C#N)cc2NS(=O)(=O)c2ccccc2)cc1. The number of hydrogen-bond acceptors (Lipinski definition) is 6. The van der Waals surface area contributed by atoms with Crippen molar-refractivity contribution in [2.24, 2.45) is 0 Å². The molecule has 3 aromatic rings. The summed E-state index contributed by atoms with van der Waals surface area (Å²) in [7, 11) is -2.47. The predicted molar refractivity (Wildman–Crippen MR) is 119 cm³/mol. The second-order valence-electron chi connectivity index (χ2n) is 6.70. The van der Waals surface area contributed by atoms with Gasteiger partial charge in [0.1, 0.15) is 17.4 Å². The predicted octanol–water partition coefficient (Wildman–Crippen LogP) is 4.61. The molecule has 0 saturated carbocycles. The van der Waals surface area contributed by atoms with Crippen LogP contribution in [0.15, 0.2) is 65.6 Å². The zero-order chi connectivity index (χ0) is 22.3. The molecule has 0 radical (unpaired) electrons. The van der Waals surface area contributed by atoms with Gasteiger partial charge in [-0.25, -0.2) is 13.4 Å². The number of unbranched alkanes of at least 4 members (excludes halogenated alkanes) is 1. The number of benzene rings is 2. The molecule has 0 saturated heterocycles. The number of sulfonamides is 1. The van der Waals surface area contributed by atoms with E-state index < -0.39 is 10.0 Å². The molecule has 31 heavy (non-hydrogen) atoms. The highest BCUT2D eigenvalue weighted by Gasteiger charge is 2.20. The van der Waals surface area contributed by atoms with Gasteiger partial charge in [-0.05, 0) is 48.9 Å². The van der Waals surface area contributed by atoms with Crippen LogP contribution >= 0.6 is 0 Å². The van der Waals surface area contributed by atoms with Gasteiger partial charge in [0.2, 0.25) is 5.88 Å². The number of nitrogens with zero attached hydrogens (tertiary/aromatic N) is 2. The zero-order valence-electron chi connectivity index (χ0n) is 17.3. The number of methoxy groups -OCH3 is 1. The molecule has 1 heterocycles. The second kappa shape index (κ2) is 9.96. The highest BCUT2D eigenvalue weighted by molar-refractivity contribution is 7.92. The summed E-state index contributed by atoms with van der Waals surface area (Å²) in [5.41, 5.74) is 1.30. The molecule has 1 N–H and O–H groups in total. The van der Waals surface area contributed by atoms with Crippen molar-refractivity contribution in [3.63, 3.8) is 0 Å². The molecule has 0 atom stereocenters. The Kier molecular flexibility index (Phi) is 7.11. The molecule has 8 heteroatoms. The maximum atomic E-state index is 12.9. The number of nitriles is 1. The minimum absolute atomic E-state index is 0.106. The van der Waals surface area contributed by atoms with Crippen molar-refractivity contribution in [3.8, 4) is 29.0 Å². The van der Waals surface area contributed by atoms with Crippen LogP contribution in [0.3, 0.4) is 0 Å². The van der Waals surface area contributed by atoms with Crippen LogP contribution in [0.5, 0.6) is 11.6 Å². The van der Waals surface area contributed by atoms with Gasteiger partial charge in [0.15, 0.2) is 0 Å². The average molecular weight is 438 g/mol. The summed E-state index contributed by atoms with van der Waals surface area (Å²) >= 11 is 0. The third kappa shape index (κ3) is 5.32. The summed E-state index contributed by atoms with van der Waals surface area (Å²) < 4.78 is 39.2. The molecule has 0 aliphatic heterocycles. The first-order valence-corrected chi connectivity index (χ1v) is 11.3. The Morgan fingerprint density at radius 2 is 1.81 bits per heavy atom. The van der Waals surface area contributed by atoms with E-state index >= 15 is 0 Å². The van der Waals surface area contributed by atoms with E-state index in [1.165, 1.54) is 25.3 Å². The van der Waals surface area contributed by atoms with Gasteiger partial charge in [0.05, 0.1) is 30.0 Å². The molecular weight excluding hydrogens is 414 g/mol. The standard InChI is InChI=1S/C23H23N3O4S/c1-3-4-14-30-19-12-10-17(11-13-19)22-21(15-18(16-24)23(25-22)29-2)26-31(27,28)20-8-6-5-7-9-20/h5-13,15,26H,3-4,14H2,1-2H3. The minimum atomic E-state index is -3.88. The van der Waals surface area contributed by atoms with Gasteiger partial charge in [0.25, 0.3) is 10.0 Å². The summed E-state index contributed by atoms with van der Waals surface area (Å²) in [6, 6.07) is 18.6. The van der Waals surface area contributed by atoms with Gasteiger partial charge in [0, 0.05) is 5.56 Å². The molecule has 0 spiro atoms. The lowest BCUT2D eigenvalue weighted by Gasteiger charge is -2.15. The van der Waals surface area contributed by atoms with Crippen LogP contribution in [-0.4, -0.2) is 27.1 Å². The number of aromatic nitrogens is 1. The van der Waals surface area contributed by atoms with E-state index in [2.05, 4.69) is 16.6 Å². The van der Waals surface area contributed by atoms with E-state index in [1.807, 2.05) is 6.07 Å². The largest absolute Gasteiger partial charge is 0.494 e. The lowest BCUT2D eigenvalue weighted by atomic mass is 10.1. The molecule has 160 valence electrons. The van der Waals surface area contributed by atoms with Crippen LogP contribution in [0.1, 0.15) is 25.3 Å². The van der Waals surface area contributed by atoms with Crippen LogP contribution in [0.25, 0.3) is 11.3 Å². The van der Waals surface area contributed by atoms with E-state index in [0.717, 1.165) is 12.8 Å². The van der Waals surface area contributed by atoms with Crippen LogP contribution in [0.4, 0.5) is 5.69 Å². The Morgan fingerprint density at radius 1 is 1.10 bits per heavy atom. The van der Waals surface area contributed by atoms with Crippen LogP contribution in [0.2, 0.25) is 0 Å². The van der Waals surface area contributed by atoms with Crippen molar-refractivity contribution < 1.29 is 17.9 Å². The van der Waals surface area contributed by atoms with Gasteiger partial charge in [-0.15, -0.1) is 0 Å². The van der Waals surface area contributed by atoms with Crippen molar-refractivity contribution in [3.05, 3.63) is 66.2 Å². The molecule has 0 fully saturated rings. The fourth-order valence-electron chi connectivity index (χ4n) is 2.88. The van der Waals surface area contributed by atoms with Gasteiger partial charge in [-0.3, -0.25) is 4.72 Å². The summed E-state index contributed by atoms with van der Waals surface area (Å²) in [5.74, 6) is 0.827. The summed E-state index contributed by atoms with van der Waals surface area (Å²) in [5, 5.41) is 9.43. The van der Waals surface area contributed by atoms with Crippen molar-refractivity contribution in [2.45, 2.75) is 24.7 Å². The Hall–Kier alpha value is -3.57. The smallest absolute Gasteiger partial charge is 0.261 e. The molecule has 0 unspecified atom stereocenters. The highest BCUT2D eigenvalue weighted by atomic mass is 32.2. The quantitative estimate of drug-likeness (QED) is 0.491. The fourth-order valence-corrected chi connectivity index (χ4v) is 3.96. The summed E-state index contributed by atoms with van der Waals surface area (Å²) in [4.78, 5) is 4.51.